The average Bonchev–Trinajstić information content (AvgIpc) is 2.93. The third-order valence-electron chi connectivity index (χ3n) is 8.28. The molecule has 4 rings (SSSR count). The summed E-state index contributed by atoms with van der Waals surface area (Å²) in [4.78, 5) is 27.7. The minimum atomic E-state index is -0.401. The van der Waals surface area contributed by atoms with Gasteiger partial charge in [-0.3, -0.25) is 9.59 Å². The Hall–Kier alpha value is -2.22. The zero-order valence-electron chi connectivity index (χ0n) is 22.6. The molecular formula is C30H45N3O4. The SMILES string of the molecule is COCCCOC(c1ccccc1)C1CCCN(c2c(N[C@@H](CC3CCCCC3)[C@@H](C)N)c(=O)c2=O)C1. The van der Waals surface area contributed by atoms with Crippen LogP contribution in [0.15, 0.2) is 39.9 Å². The molecule has 0 aromatic heterocycles. The average molecular weight is 512 g/mol. The highest BCUT2D eigenvalue weighted by molar-refractivity contribution is 5.75. The molecule has 1 aliphatic carbocycles. The molecule has 4 atom stereocenters. The van der Waals surface area contributed by atoms with Crippen LogP contribution >= 0.6 is 0 Å². The predicted molar refractivity (Wildman–Crippen MR) is 150 cm³/mol. The topological polar surface area (TPSA) is 93.9 Å². The van der Waals surface area contributed by atoms with E-state index in [9.17, 15) is 9.59 Å². The number of hydrogen-bond donors (Lipinski definition) is 2. The van der Waals surface area contributed by atoms with Gasteiger partial charge in [-0.1, -0.05) is 62.4 Å². The summed E-state index contributed by atoms with van der Waals surface area (Å²) in [6.07, 6.45) is 9.99. The van der Waals surface area contributed by atoms with Gasteiger partial charge in [0, 0.05) is 51.4 Å². The van der Waals surface area contributed by atoms with E-state index in [1.54, 1.807) is 7.11 Å². The molecule has 1 aliphatic heterocycles. The molecule has 0 spiro atoms. The Morgan fingerprint density at radius 1 is 1.03 bits per heavy atom. The Morgan fingerprint density at radius 3 is 2.49 bits per heavy atom. The first kappa shape index (κ1) is 27.8. The third kappa shape index (κ3) is 7.01. The number of nitrogens with two attached hydrogens (primary N) is 1. The summed E-state index contributed by atoms with van der Waals surface area (Å²) in [5.41, 5.74) is 7.76. The van der Waals surface area contributed by atoms with Gasteiger partial charge >= 0.3 is 0 Å². The number of methoxy groups -OCH3 is 1. The summed E-state index contributed by atoms with van der Waals surface area (Å²) in [5.74, 6) is 0.857. The lowest BCUT2D eigenvalue weighted by molar-refractivity contribution is -0.00235. The van der Waals surface area contributed by atoms with Crippen LogP contribution in [0.25, 0.3) is 0 Å². The molecular weight excluding hydrogens is 466 g/mol. The van der Waals surface area contributed by atoms with E-state index in [2.05, 4.69) is 22.3 Å². The van der Waals surface area contributed by atoms with Crippen molar-refractivity contribution >= 4 is 11.4 Å². The van der Waals surface area contributed by atoms with E-state index in [-0.39, 0.29) is 29.5 Å². The summed E-state index contributed by atoms with van der Waals surface area (Å²) in [6.45, 7) is 4.74. The van der Waals surface area contributed by atoms with Crippen LogP contribution in [0.5, 0.6) is 0 Å². The van der Waals surface area contributed by atoms with E-state index >= 15 is 0 Å². The van der Waals surface area contributed by atoms with Crippen molar-refractivity contribution in [2.75, 3.05) is 43.6 Å². The molecule has 2 aromatic carbocycles. The molecule has 1 saturated carbocycles. The molecule has 0 amide bonds. The van der Waals surface area contributed by atoms with E-state index in [4.69, 9.17) is 15.2 Å². The second-order valence-electron chi connectivity index (χ2n) is 11.1. The summed E-state index contributed by atoms with van der Waals surface area (Å²) in [5, 5.41) is 3.45. The molecule has 7 nitrogen and oxygen atoms in total. The third-order valence-corrected chi connectivity index (χ3v) is 8.28. The number of nitrogens with zero attached hydrogens (tertiary/aromatic N) is 1. The van der Waals surface area contributed by atoms with Gasteiger partial charge in [0.25, 0.3) is 10.9 Å². The van der Waals surface area contributed by atoms with E-state index in [1.807, 2.05) is 25.1 Å². The van der Waals surface area contributed by atoms with Crippen LogP contribution in [0, 0.1) is 11.8 Å². The lowest BCUT2D eigenvalue weighted by Gasteiger charge is -2.39. The van der Waals surface area contributed by atoms with Crippen LogP contribution in [0.4, 0.5) is 11.4 Å². The first-order valence-electron chi connectivity index (χ1n) is 14.3. The second kappa shape index (κ2) is 13.5. The van der Waals surface area contributed by atoms with Gasteiger partial charge < -0.3 is 25.4 Å². The van der Waals surface area contributed by atoms with Gasteiger partial charge in [0.05, 0.1) is 6.10 Å². The van der Waals surface area contributed by atoms with Gasteiger partial charge in [-0.2, -0.15) is 0 Å². The minimum absolute atomic E-state index is 0.00748. The van der Waals surface area contributed by atoms with Crippen molar-refractivity contribution < 1.29 is 9.47 Å². The normalized spacial score (nSPS) is 21.6. The van der Waals surface area contributed by atoms with E-state index in [0.717, 1.165) is 37.8 Å². The van der Waals surface area contributed by atoms with Crippen LogP contribution in [0.2, 0.25) is 0 Å². The molecule has 2 aromatic rings. The van der Waals surface area contributed by atoms with Crippen molar-refractivity contribution in [3.05, 3.63) is 56.3 Å². The predicted octanol–water partition coefficient (Wildman–Crippen LogP) is 4.39. The fraction of sp³-hybridized carbons (Fsp3) is 0.667. The summed E-state index contributed by atoms with van der Waals surface area (Å²) in [6, 6.07) is 10.2. The number of piperidine rings is 1. The molecule has 2 fully saturated rings. The first-order valence-corrected chi connectivity index (χ1v) is 14.3. The van der Waals surface area contributed by atoms with Crippen LogP contribution in [-0.2, 0) is 9.47 Å². The lowest BCUT2D eigenvalue weighted by atomic mass is 9.83. The molecule has 3 N–H and O–H groups in total. The molecule has 1 heterocycles. The Kier molecular flexibility index (Phi) is 10.2. The summed E-state index contributed by atoms with van der Waals surface area (Å²) < 4.78 is 11.6. The number of anilines is 2. The number of nitrogens with one attached hydrogen (secondary N) is 1. The first-order chi connectivity index (χ1) is 18.0. The van der Waals surface area contributed by atoms with Gasteiger partial charge in [-0.15, -0.1) is 0 Å². The highest BCUT2D eigenvalue weighted by Gasteiger charge is 2.35. The molecule has 2 unspecified atom stereocenters. The summed E-state index contributed by atoms with van der Waals surface area (Å²) >= 11 is 0. The monoisotopic (exact) mass is 511 g/mol. The maximum absolute atomic E-state index is 12.8. The maximum Gasteiger partial charge on any atom is 0.253 e. The highest BCUT2D eigenvalue weighted by Crippen LogP contribution is 2.36. The van der Waals surface area contributed by atoms with Crippen molar-refractivity contribution in [2.45, 2.75) is 82.9 Å². The van der Waals surface area contributed by atoms with Gasteiger partial charge in [-0.25, -0.2) is 0 Å². The fourth-order valence-corrected chi connectivity index (χ4v) is 6.21. The van der Waals surface area contributed by atoms with Crippen LogP contribution in [-0.4, -0.2) is 45.5 Å². The van der Waals surface area contributed by atoms with Gasteiger partial charge in [0.15, 0.2) is 0 Å². The fourth-order valence-electron chi connectivity index (χ4n) is 6.21. The van der Waals surface area contributed by atoms with E-state index in [1.165, 1.54) is 32.1 Å². The van der Waals surface area contributed by atoms with Crippen molar-refractivity contribution in [3.63, 3.8) is 0 Å². The van der Waals surface area contributed by atoms with E-state index in [0.29, 0.717) is 37.1 Å². The Bertz CT molecular complexity index is 1030. The highest BCUT2D eigenvalue weighted by atomic mass is 16.5. The molecule has 1 saturated heterocycles. The number of hydrogen-bond acceptors (Lipinski definition) is 7. The summed E-state index contributed by atoms with van der Waals surface area (Å²) in [7, 11) is 1.70. The number of benzene rings is 1. The smallest absolute Gasteiger partial charge is 0.253 e. The maximum atomic E-state index is 12.8. The second-order valence-corrected chi connectivity index (χ2v) is 11.1. The van der Waals surface area contributed by atoms with Crippen molar-refractivity contribution in [1.29, 1.82) is 0 Å². The van der Waals surface area contributed by atoms with E-state index < -0.39 is 5.43 Å². The molecule has 37 heavy (non-hydrogen) atoms. The van der Waals surface area contributed by atoms with Crippen molar-refractivity contribution in [1.82, 2.24) is 0 Å². The molecule has 204 valence electrons. The van der Waals surface area contributed by atoms with Gasteiger partial charge in [-0.05, 0) is 44.1 Å². The number of rotatable bonds is 13. The quantitative estimate of drug-likeness (QED) is 0.304. The largest absolute Gasteiger partial charge is 0.385 e. The zero-order chi connectivity index (χ0) is 26.2. The van der Waals surface area contributed by atoms with Crippen molar-refractivity contribution in [3.8, 4) is 0 Å². The van der Waals surface area contributed by atoms with Crippen LogP contribution < -0.4 is 26.8 Å². The zero-order valence-corrected chi connectivity index (χ0v) is 22.6. The Labute approximate surface area is 221 Å². The lowest BCUT2D eigenvalue weighted by Crippen LogP contribution is -2.50. The van der Waals surface area contributed by atoms with Crippen LogP contribution in [0.3, 0.4) is 0 Å². The molecule has 2 aliphatic rings. The number of ether oxygens (including phenoxy) is 2. The molecule has 0 bridgehead atoms. The Balaban J connectivity index is 1.48. The van der Waals surface area contributed by atoms with Gasteiger partial charge in [0.1, 0.15) is 11.4 Å². The van der Waals surface area contributed by atoms with Crippen LogP contribution in [0.1, 0.15) is 76.4 Å². The Morgan fingerprint density at radius 2 is 1.78 bits per heavy atom. The molecule has 7 heteroatoms. The van der Waals surface area contributed by atoms with Crippen molar-refractivity contribution in [2.24, 2.45) is 17.6 Å². The molecule has 0 radical (unpaired) electrons. The standard InChI is InChI=1S/C30H45N3O4/c1-21(31)25(19-22-11-5-3-6-12-22)32-26-27(29(35)28(26)34)33-16-9-15-24(20-33)30(37-18-10-17-36-2)23-13-7-4-8-14-23/h4,7-8,13-14,21-22,24-25,30,32H,3,5-6,9-12,15-20,31H2,1-2H3/t21-,24?,25+,30?/m1/s1. The van der Waals surface area contributed by atoms with Gasteiger partial charge in [0.2, 0.25) is 0 Å². The minimum Gasteiger partial charge on any atom is -0.385 e.